The van der Waals surface area contributed by atoms with Crippen molar-refractivity contribution in [3.63, 3.8) is 0 Å². The highest BCUT2D eigenvalue weighted by Gasteiger charge is 2.22. The van der Waals surface area contributed by atoms with E-state index >= 15 is 0 Å². The Morgan fingerprint density at radius 1 is 1.19 bits per heavy atom. The molecule has 2 aromatic rings. The Labute approximate surface area is 150 Å². The lowest BCUT2D eigenvalue weighted by Crippen LogP contribution is -2.24. The zero-order chi connectivity index (χ0) is 19.5. The Hall–Kier alpha value is -2.94. The van der Waals surface area contributed by atoms with E-state index in [1.54, 1.807) is 6.92 Å². The van der Waals surface area contributed by atoms with Gasteiger partial charge in [-0.1, -0.05) is 6.92 Å². The van der Waals surface area contributed by atoms with Crippen molar-refractivity contribution in [3.8, 4) is 11.5 Å². The van der Waals surface area contributed by atoms with Crippen LogP contribution in [-0.4, -0.2) is 26.5 Å². The van der Waals surface area contributed by atoms with Gasteiger partial charge in [-0.2, -0.15) is 4.99 Å². The van der Waals surface area contributed by atoms with E-state index in [1.807, 2.05) is 0 Å². The summed E-state index contributed by atoms with van der Waals surface area (Å²) in [4.78, 5) is 15.5. The maximum absolute atomic E-state index is 13.0. The summed E-state index contributed by atoms with van der Waals surface area (Å²) in [5.74, 6) is -1.35. The van der Waals surface area contributed by atoms with E-state index in [2.05, 4.69) is 4.99 Å². The molecule has 26 heavy (non-hydrogen) atoms. The maximum Gasteiger partial charge on any atom is 0.280 e. The Morgan fingerprint density at radius 3 is 2.31 bits per heavy atom. The molecule has 0 radical (unpaired) electrons. The largest absolute Gasteiger partial charge is 0.456 e. The minimum atomic E-state index is -3.73. The molecule has 0 heterocycles. The maximum atomic E-state index is 13.0. The van der Waals surface area contributed by atoms with Crippen LogP contribution in [0.25, 0.3) is 0 Å². The molecule has 0 saturated carbocycles. The molecule has 9 heteroatoms. The third-order valence-corrected chi connectivity index (χ3v) is 4.57. The fourth-order valence-electron chi connectivity index (χ4n) is 2.27. The van der Waals surface area contributed by atoms with E-state index < -0.39 is 27.5 Å². The molecular formula is C17H18FN3O4S. The normalized spacial score (nSPS) is 11.0. The Bertz CT molecular complexity index is 966. The van der Waals surface area contributed by atoms with E-state index in [4.69, 9.17) is 16.2 Å². The highest BCUT2D eigenvalue weighted by Crippen LogP contribution is 2.32. The van der Waals surface area contributed by atoms with Crippen molar-refractivity contribution >= 4 is 21.7 Å². The van der Waals surface area contributed by atoms with Crippen LogP contribution in [0.5, 0.6) is 11.5 Å². The SMILES string of the molecule is CCc1cc(Oc2ccc(F)cc2)c(S(C)(=O)=O)cc1C(=O)N=C(N)N. The summed E-state index contributed by atoms with van der Waals surface area (Å²) in [5.41, 5.74) is 11.0. The van der Waals surface area contributed by atoms with Gasteiger partial charge in [0.1, 0.15) is 22.2 Å². The average molecular weight is 379 g/mol. The zero-order valence-corrected chi connectivity index (χ0v) is 15.0. The topological polar surface area (TPSA) is 125 Å². The Kier molecular flexibility index (Phi) is 5.61. The number of benzene rings is 2. The van der Waals surface area contributed by atoms with Gasteiger partial charge in [0.15, 0.2) is 15.8 Å². The number of hydrogen-bond donors (Lipinski definition) is 2. The lowest BCUT2D eigenvalue weighted by Gasteiger charge is -2.14. The average Bonchev–Trinajstić information content (AvgIpc) is 2.54. The highest BCUT2D eigenvalue weighted by molar-refractivity contribution is 7.90. The van der Waals surface area contributed by atoms with E-state index in [9.17, 15) is 17.6 Å². The van der Waals surface area contributed by atoms with Crippen molar-refractivity contribution < 1.29 is 22.3 Å². The second-order valence-corrected chi connectivity index (χ2v) is 7.46. The molecule has 0 unspecified atom stereocenters. The first-order chi connectivity index (χ1) is 12.1. The summed E-state index contributed by atoms with van der Waals surface area (Å²) in [6.45, 7) is 1.78. The summed E-state index contributed by atoms with van der Waals surface area (Å²) in [7, 11) is -3.73. The number of amides is 1. The van der Waals surface area contributed by atoms with Gasteiger partial charge in [-0.25, -0.2) is 12.8 Å². The van der Waals surface area contributed by atoms with Crippen molar-refractivity contribution in [3.05, 3.63) is 53.3 Å². The summed E-state index contributed by atoms with van der Waals surface area (Å²) in [6, 6.07) is 7.73. The quantitative estimate of drug-likeness (QED) is 0.605. The summed E-state index contributed by atoms with van der Waals surface area (Å²) in [5, 5.41) is 0. The van der Waals surface area contributed by atoms with E-state index in [0.717, 1.165) is 6.26 Å². The van der Waals surface area contributed by atoms with E-state index in [0.29, 0.717) is 12.0 Å². The summed E-state index contributed by atoms with van der Waals surface area (Å²) < 4.78 is 43.0. The second kappa shape index (κ2) is 7.52. The van der Waals surface area contributed by atoms with Gasteiger partial charge in [0.2, 0.25) is 0 Å². The van der Waals surface area contributed by atoms with Gasteiger partial charge < -0.3 is 16.2 Å². The number of guanidine groups is 1. The Morgan fingerprint density at radius 2 is 1.81 bits per heavy atom. The first-order valence-corrected chi connectivity index (χ1v) is 9.45. The number of carbonyl (C=O) groups is 1. The number of aryl methyl sites for hydroxylation is 1. The molecule has 1 amide bonds. The van der Waals surface area contributed by atoms with Gasteiger partial charge in [0.05, 0.1) is 0 Å². The molecule has 0 fully saturated rings. The zero-order valence-electron chi connectivity index (χ0n) is 14.2. The molecule has 0 spiro atoms. The molecule has 7 nitrogen and oxygen atoms in total. The number of nitrogens with zero attached hydrogens (tertiary/aromatic N) is 1. The fraction of sp³-hybridized carbons (Fsp3) is 0.176. The van der Waals surface area contributed by atoms with Crippen LogP contribution >= 0.6 is 0 Å². The molecule has 0 saturated heterocycles. The number of carbonyl (C=O) groups excluding carboxylic acids is 1. The van der Waals surface area contributed by atoms with Crippen LogP contribution in [0.2, 0.25) is 0 Å². The number of ether oxygens (including phenoxy) is 1. The third-order valence-electron chi connectivity index (χ3n) is 3.45. The molecule has 4 N–H and O–H groups in total. The highest BCUT2D eigenvalue weighted by atomic mass is 32.2. The molecule has 0 aliphatic heterocycles. The van der Waals surface area contributed by atoms with Crippen molar-refractivity contribution in [2.75, 3.05) is 6.26 Å². The number of halogens is 1. The lowest BCUT2D eigenvalue weighted by atomic mass is 10.0. The van der Waals surface area contributed by atoms with E-state index in [1.165, 1.54) is 36.4 Å². The molecule has 138 valence electrons. The fourth-order valence-corrected chi connectivity index (χ4v) is 3.07. The number of aliphatic imine (C=N–C) groups is 1. The third kappa shape index (κ3) is 4.57. The monoisotopic (exact) mass is 379 g/mol. The van der Waals surface area contributed by atoms with Gasteiger partial charge in [-0.15, -0.1) is 0 Å². The minimum absolute atomic E-state index is 0.0252. The first kappa shape index (κ1) is 19.4. The van der Waals surface area contributed by atoms with Gasteiger partial charge in [0.25, 0.3) is 5.91 Å². The predicted molar refractivity (Wildman–Crippen MR) is 95.5 cm³/mol. The van der Waals surface area contributed by atoms with Crippen molar-refractivity contribution in [2.24, 2.45) is 16.5 Å². The first-order valence-electron chi connectivity index (χ1n) is 7.56. The molecular weight excluding hydrogens is 361 g/mol. The van der Waals surface area contributed by atoms with Crippen LogP contribution < -0.4 is 16.2 Å². The van der Waals surface area contributed by atoms with Crippen LogP contribution in [0.1, 0.15) is 22.8 Å². The second-order valence-electron chi connectivity index (χ2n) is 5.48. The van der Waals surface area contributed by atoms with Crippen LogP contribution in [0, 0.1) is 5.82 Å². The van der Waals surface area contributed by atoms with Gasteiger partial charge in [-0.05, 0) is 48.4 Å². The molecule has 0 aliphatic carbocycles. The van der Waals surface area contributed by atoms with Crippen LogP contribution in [0.4, 0.5) is 4.39 Å². The number of hydrogen-bond acceptors (Lipinski definition) is 4. The smallest absolute Gasteiger partial charge is 0.280 e. The molecule has 0 atom stereocenters. The van der Waals surface area contributed by atoms with Gasteiger partial charge in [0, 0.05) is 11.8 Å². The van der Waals surface area contributed by atoms with Gasteiger partial charge in [-0.3, -0.25) is 4.79 Å². The summed E-state index contributed by atoms with van der Waals surface area (Å²) >= 11 is 0. The molecule has 0 aromatic heterocycles. The number of nitrogens with two attached hydrogens (primary N) is 2. The molecule has 2 aromatic carbocycles. The summed E-state index contributed by atoms with van der Waals surface area (Å²) in [6.07, 6.45) is 1.39. The van der Waals surface area contributed by atoms with Crippen molar-refractivity contribution in [2.45, 2.75) is 18.2 Å². The van der Waals surface area contributed by atoms with Gasteiger partial charge >= 0.3 is 0 Å². The molecule has 2 rings (SSSR count). The van der Waals surface area contributed by atoms with Crippen LogP contribution in [-0.2, 0) is 16.3 Å². The van der Waals surface area contributed by atoms with Crippen LogP contribution in [0.3, 0.4) is 0 Å². The van der Waals surface area contributed by atoms with Crippen LogP contribution in [0.15, 0.2) is 46.3 Å². The minimum Gasteiger partial charge on any atom is -0.456 e. The number of sulfone groups is 1. The lowest BCUT2D eigenvalue weighted by molar-refractivity contribution is 0.100. The predicted octanol–water partition coefficient (Wildman–Crippen LogP) is 2.00. The standard InChI is InChI=1S/C17H18FN3O4S/c1-3-10-8-14(25-12-6-4-11(18)5-7-12)15(26(2,23)24)9-13(10)16(22)21-17(19)20/h4-9H,3H2,1-2H3,(H4,19,20,21,22). The molecule has 0 bridgehead atoms. The van der Waals surface area contributed by atoms with Crippen molar-refractivity contribution in [1.82, 2.24) is 0 Å². The number of rotatable bonds is 5. The van der Waals surface area contributed by atoms with Crippen molar-refractivity contribution in [1.29, 1.82) is 0 Å². The Balaban J connectivity index is 2.62. The van der Waals surface area contributed by atoms with E-state index in [-0.39, 0.29) is 22.0 Å². The molecule has 0 aliphatic rings.